The van der Waals surface area contributed by atoms with Crippen molar-refractivity contribution in [1.82, 2.24) is 15.3 Å². The highest BCUT2D eigenvalue weighted by Crippen LogP contribution is 2.12. The molecule has 4 nitrogen and oxygen atoms in total. The molecule has 6 heteroatoms. The van der Waals surface area contributed by atoms with Gasteiger partial charge in [0, 0.05) is 25.2 Å². The largest absolute Gasteiger partial charge is 0.375 e. The van der Waals surface area contributed by atoms with Gasteiger partial charge >= 0.3 is 0 Å². The van der Waals surface area contributed by atoms with Gasteiger partial charge in [0.2, 0.25) is 0 Å². The Kier molecular flexibility index (Phi) is 6.57. The number of ether oxygens (including phenoxy) is 1. The second-order valence-corrected chi connectivity index (χ2v) is 3.50. The van der Waals surface area contributed by atoms with E-state index in [0.717, 1.165) is 12.2 Å². The van der Waals surface area contributed by atoms with E-state index in [1.807, 2.05) is 6.92 Å². The Bertz CT molecular complexity index is 298. The molecule has 0 aliphatic heterocycles. The second kappa shape index (κ2) is 8.03. The van der Waals surface area contributed by atoms with E-state index in [9.17, 15) is 8.78 Å². The number of hydrogen-bond acceptors (Lipinski definition) is 4. The third-order valence-corrected chi connectivity index (χ3v) is 2.19. The molecule has 0 saturated heterocycles. The van der Waals surface area contributed by atoms with Crippen LogP contribution in [0, 0.1) is 0 Å². The Hall–Kier alpha value is -1.14. The Morgan fingerprint density at radius 1 is 1.41 bits per heavy atom. The van der Waals surface area contributed by atoms with E-state index < -0.39 is 13.0 Å². The molecule has 0 aromatic carbocycles. The highest BCUT2D eigenvalue weighted by molar-refractivity contribution is 5.01. The predicted molar refractivity (Wildman–Crippen MR) is 59.9 cm³/mol. The van der Waals surface area contributed by atoms with E-state index >= 15 is 0 Å². The highest BCUT2D eigenvalue weighted by atomic mass is 19.3. The van der Waals surface area contributed by atoms with Crippen molar-refractivity contribution in [2.45, 2.75) is 25.8 Å². The molecule has 1 atom stereocenters. The van der Waals surface area contributed by atoms with Crippen LogP contribution in [0.15, 0.2) is 18.6 Å². The van der Waals surface area contributed by atoms with Gasteiger partial charge in [-0.1, -0.05) is 6.92 Å². The quantitative estimate of drug-likeness (QED) is 0.709. The number of alkyl halides is 2. The zero-order chi connectivity index (χ0) is 12.5. The van der Waals surface area contributed by atoms with Gasteiger partial charge < -0.3 is 10.1 Å². The summed E-state index contributed by atoms with van der Waals surface area (Å²) in [6.45, 7) is 2.51. The molecular weight excluding hydrogens is 228 g/mol. The van der Waals surface area contributed by atoms with Crippen molar-refractivity contribution in [2.24, 2.45) is 0 Å². The Morgan fingerprint density at radius 2 is 2.24 bits per heavy atom. The van der Waals surface area contributed by atoms with E-state index in [-0.39, 0.29) is 12.6 Å². The molecule has 1 aromatic heterocycles. The van der Waals surface area contributed by atoms with Gasteiger partial charge in [0.1, 0.15) is 6.61 Å². The molecule has 1 unspecified atom stereocenters. The fraction of sp³-hybridized carbons (Fsp3) is 0.636. The minimum Gasteiger partial charge on any atom is -0.375 e. The van der Waals surface area contributed by atoms with Gasteiger partial charge in [0.05, 0.1) is 11.7 Å². The number of rotatable bonds is 8. The van der Waals surface area contributed by atoms with Crippen molar-refractivity contribution in [3.63, 3.8) is 0 Å². The second-order valence-electron chi connectivity index (χ2n) is 3.50. The zero-order valence-corrected chi connectivity index (χ0v) is 9.77. The van der Waals surface area contributed by atoms with Crippen LogP contribution in [-0.4, -0.2) is 36.2 Å². The van der Waals surface area contributed by atoms with E-state index in [0.29, 0.717) is 6.42 Å². The number of nitrogens with one attached hydrogen (secondary N) is 1. The molecule has 0 fully saturated rings. The molecule has 1 rings (SSSR count). The summed E-state index contributed by atoms with van der Waals surface area (Å²) in [5, 5.41) is 3.22. The van der Waals surface area contributed by atoms with E-state index in [1.165, 1.54) is 0 Å². The van der Waals surface area contributed by atoms with Gasteiger partial charge in [-0.2, -0.15) is 0 Å². The van der Waals surface area contributed by atoms with Crippen LogP contribution in [0.25, 0.3) is 0 Å². The molecule has 0 bridgehead atoms. The minimum atomic E-state index is -2.41. The summed E-state index contributed by atoms with van der Waals surface area (Å²) in [6, 6.07) is -0.00799. The predicted octanol–water partition coefficient (Wildman–Crippen LogP) is 1.80. The fourth-order valence-electron chi connectivity index (χ4n) is 1.47. The Labute approximate surface area is 99.4 Å². The lowest BCUT2D eigenvalue weighted by Crippen LogP contribution is -2.23. The first-order chi connectivity index (χ1) is 8.24. The van der Waals surface area contributed by atoms with Crippen LogP contribution < -0.4 is 5.32 Å². The Balaban J connectivity index is 2.39. The van der Waals surface area contributed by atoms with Crippen molar-refractivity contribution >= 4 is 0 Å². The van der Waals surface area contributed by atoms with E-state index in [4.69, 9.17) is 4.74 Å². The topological polar surface area (TPSA) is 47.0 Å². The van der Waals surface area contributed by atoms with Crippen molar-refractivity contribution in [3.8, 4) is 0 Å². The average Bonchev–Trinajstić information content (AvgIpc) is 2.34. The third-order valence-electron chi connectivity index (χ3n) is 2.19. The van der Waals surface area contributed by atoms with Crippen LogP contribution in [0.1, 0.15) is 25.1 Å². The average molecular weight is 245 g/mol. The normalized spacial score (nSPS) is 12.9. The summed E-state index contributed by atoms with van der Waals surface area (Å²) in [7, 11) is 0. The summed E-state index contributed by atoms with van der Waals surface area (Å²) in [6.07, 6.45) is 3.06. The van der Waals surface area contributed by atoms with Crippen molar-refractivity contribution < 1.29 is 13.5 Å². The first kappa shape index (κ1) is 13.9. The molecule has 17 heavy (non-hydrogen) atoms. The molecule has 1 N–H and O–H groups in total. The maximum Gasteiger partial charge on any atom is 0.261 e. The lowest BCUT2D eigenvalue weighted by Gasteiger charge is -2.16. The standard InChI is InChI=1S/C11H17F2N3O/c1-2-15-9(3-6-17-8-11(12)13)10-7-14-4-5-16-10/h4-5,7,9,11,15H,2-3,6,8H2,1H3. The van der Waals surface area contributed by atoms with Gasteiger partial charge in [-0.05, 0) is 13.0 Å². The number of halogens is 2. The smallest absolute Gasteiger partial charge is 0.261 e. The zero-order valence-electron chi connectivity index (χ0n) is 9.77. The van der Waals surface area contributed by atoms with Crippen LogP contribution in [-0.2, 0) is 4.74 Å². The number of hydrogen-bond donors (Lipinski definition) is 1. The molecule has 1 heterocycles. The highest BCUT2D eigenvalue weighted by Gasteiger charge is 2.12. The molecule has 96 valence electrons. The first-order valence-corrected chi connectivity index (χ1v) is 5.59. The van der Waals surface area contributed by atoms with Crippen molar-refractivity contribution in [3.05, 3.63) is 24.3 Å². The molecule has 0 amide bonds. The summed E-state index contributed by atoms with van der Waals surface area (Å²) < 4.78 is 28.6. The first-order valence-electron chi connectivity index (χ1n) is 5.59. The molecule has 0 aliphatic carbocycles. The van der Waals surface area contributed by atoms with Crippen LogP contribution in [0.3, 0.4) is 0 Å². The lowest BCUT2D eigenvalue weighted by atomic mass is 10.1. The number of aromatic nitrogens is 2. The van der Waals surface area contributed by atoms with Gasteiger partial charge in [-0.3, -0.25) is 9.97 Å². The fourth-order valence-corrected chi connectivity index (χ4v) is 1.47. The molecule has 0 aliphatic rings. The molecule has 0 radical (unpaired) electrons. The minimum absolute atomic E-state index is 0.00799. The molecule has 1 aromatic rings. The summed E-state index contributed by atoms with van der Waals surface area (Å²) in [4.78, 5) is 8.16. The summed E-state index contributed by atoms with van der Waals surface area (Å²) in [5.41, 5.74) is 0.801. The van der Waals surface area contributed by atoms with Gasteiger partial charge in [-0.15, -0.1) is 0 Å². The molecule has 0 spiro atoms. The SMILES string of the molecule is CCNC(CCOCC(F)F)c1cnccn1. The van der Waals surface area contributed by atoms with E-state index in [1.54, 1.807) is 18.6 Å². The third kappa shape index (κ3) is 5.65. The van der Waals surface area contributed by atoms with Crippen LogP contribution in [0.5, 0.6) is 0 Å². The monoisotopic (exact) mass is 245 g/mol. The summed E-state index contributed by atoms with van der Waals surface area (Å²) >= 11 is 0. The van der Waals surface area contributed by atoms with Gasteiger partial charge in [0.15, 0.2) is 0 Å². The van der Waals surface area contributed by atoms with E-state index in [2.05, 4.69) is 15.3 Å². The van der Waals surface area contributed by atoms with Crippen LogP contribution in [0.2, 0.25) is 0 Å². The molecule has 0 saturated carbocycles. The van der Waals surface area contributed by atoms with Crippen molar-refractivity contribution in [2.75, 3.05) is 19.8 Å². The Morgan fingerprint density at radius 3 is 2.82 bits per heavy atom. The van der Waals surface area contributed by atoms with Crippen LogP contribution in [0.4, 0.5) is 8.78 Å². The lowest BCUT2D eigenvalue weighted by molar-refractivity contribution is 0.0143. The van der Waals surface area contributed by atoms with Gasteiger partial charge in [-0.25, -0.2) is 8.78 Å². The van der Waals surface area contributed by atoms with Crippen molar-refractivity contribution in [1.29, 1.82) is 0 Å². The van der Waals surface area contributed by atoms with Crippen LogP contribution >= 0.6 is 0 Å². The maximum atomic E-state index is 11.9. The number of nitrogens with zero attached hydrogens (tertiary/aromatic N) is 2. The summed E-state index contributed by atoms with van der Waals surface area (Å²) in [5.74, 6) is 0. The van der Waals surface area contributed by atoms with Gasteiger partial charge in [0.25, 0.3) is 6.43 Å². The molecular formula is C11H17F2N3O. The maximum absolute atomic E-state index is 11.9.